The van der Waals surface area contributed by atoms with E-state index in [2.05, 4.69) is 17.3 Å². The zero-order valence-corrected chi connectivity index (χ0v) is 11.8. The van der Waals surface area contributed by atoms with Crippen LogP contribution in [-0.2, 0) is 4.79 Å². The molecule has 0 aromatic rings. The number of hydrogen-bond donors (Lipinski definition) is 1. The van der Waals surface area contributed by atoms with Gasteiger partial charge in [0.1, 0.15) is 0 Å². The molecule has 2 unspecified atom stereocenters. The van der Waals surface area contributed by atoms with E-state index in [1.54, 1.807) is 0 Å². The summed E-state index contributed by atoms with van der Waals surface area (Å²) in [6.45, 7) is 5.22. The van der Waals surface area contributed by atoms with Crippen LogP contribution in [0.15, 0.2) is 0 Å². The van der Waals surface area contributed by atoms with E-state index in [4.69, 9.17) is 0 Å². The summed E-state index contributed by atoms with van der Waals surface area (Å²) in [6, 6.07) is 0. The third kappa shape index (κ3) is 3.69. The number of rotatable bonds is 3. The summed E-state index contributed by atoms with van der Waals surface area (Å²) in [5, 5.41) is 3.33. The molecule has 2 saturated heterocycles. The normalized spacial score (nSPS) is 30.1. The second kappa shape index (κ2) is 6.53. The van der Waals surface area contributed by atoms with E-state index in [-0.39, 0.29) is 5.92 Å². The van der Waals surface area contributed by atoms with Gasteiger partial charge in [0.25, 0.3) is 0 Å². The molecule has 0 aliphatic carbocycles. The molecule has 0 bridgehead atoms. The topological polar surface area (TPSA) is 35.6 Å². The number of nitrogens with zero attached hydrogens (tertiary/aromatic N) is 2. The van der Waals surface area contributed by atoms with Crippen LogP contribution in [-0.4, -0.2) is 62.5 Å². The fraction of sp³-hybridized carbons (Fsp3) is 0.929. The van der Waals surface area contributed by atoms with Gasteiger partial charge < -0.3 is 15.1 Å². The minimum absolute atomic E-state index is 0.213. The van der Waals surface area contributed by atoms with Gasteiger partial charge in [-0.15, -0.1) is 0 Å². The molecular weight excluding hydrogens is 226 g/mol. The first-order valence-electron chi connectivity index (χ1n) is 7.31. The minimum Gasteiger partial charge on any atom is -0.345 e. The fourth-order valence-corrected chi connectivity index (χ4v) is 3.27. The van der Waals surface area contributed by atoms with Gasteiger partial charge in [-0.05, 0) is 51.7 Å². The van der Waals surface area contributed by atoms with Crippen LogP contribution in [0.2, 0.25) is 0 Å². The van der Waals surface area contributed by atoms with Gasteiger partial charge in [0.2, 0.25) is 5.91 Å². The zero-order chi connectivity index (χ0) is 13.0. The highest BCUT2D eigenvalue weighted by Crippen LogP contribution is 2.18. The monoisotopic (exact) mass is 253 g/mol. The molecule has 0 spiro atoms. The van der Waals surface area contributed by atoms with Crippen LogP contribution >= 0.6 is 0 Å². The Balaban J connectivity index is 1.79. The molecule has 4 nitrogen and oxygen atoms in total. The highest BCUT2D eigenvalue weighted by molar-refractivity contribution is 5.78. The number of piperidine rings is 2. The number of nitrogens with one attached hydrogen (secondary N) is 1. The number of likely N-dealkylation sites (tertiary alicyclic amines) is 1. The van der Waals surface area contributed by atoms with Crippen molar-refractivity contribution >= 4 is 5.91 Å². The SMILES string of the molecule is CN1CCCC(CN(C)C(=O)C2CCCNC2)C1. The molecule has 0 aromatic heterocycles. The Labute approximate surface area is 111 Å². The Kier molecular flexibility index (Phi) is 5.01. The maximum Gasteiger partial charge on any atom is 0.226 e. The zero-order valence-electron chi connectivity index (χ0n) is 11.8. The van der Waals surface area contributed by atoms with E-state index in [9.17, 15) is 4.79 Å². The predicted octanol–water partition coefficient (Wildman–Crippen LogP) is 0.786. The van der Waals surface area contributed by atoms with Crippen LogP contribution in [0, 0.1) is 11.8 Å². The van der Waals surface area contributed by atoms with Crippen LogP contribution < -0.4 is 5.32 Å². The van der Waals surface area contributed by atoms with E-state index in [1.807, 2.05) is 11.9 Å². The molecule has 2 aliphatic rings. The van der Waals surface area contributed by atoms with Gasteiger partial charge in [0.05, 0.1) is 5.92 Å². The van der Waals surface area contributed by atoms with Gasteiger partial charge in [0, 0.05) is 26.7 Å². The molecule has 0 saturated carbocycles. The van der Waals surface area contributed by atoms with Gasteiger partial charge in [-0.2, -0.15) is 0 Å². The van der Waals surface area contributed by atoms with E-state index in [0.29, 0.717) is 11.8 Å². The second-order valence-electron chi connectivity index (χ2n) is 6.03. The molecule has 2 atom stereocenters. The summed E-state index contributed by atoms with van der Waals surface area (Å²) < 4.78 is 0. The number of amides is 1. The molecular formula is C14H27N3O. The summed E-state index contributed by atoms with van der Waals surface area (Å²) in [6.07, 6.45) is 4.73. The third-order valence-corrected chi connectivity index (χ3v) is 4.28. The largest absolute Gasteiger partial charge is 0.345 e. The Morgan fingerprint density at radius 3 is 2.89 bits per heavy atom. The molecule has 104 valence electrons. The third-order valence-electron chi connectivity index (χ3n) is 4.28. The first kappa shape index (κ1) is 13.8. The number of carbonyl (C=O) groups is 1. The van der Waals surface area contributed by atoms with Crippen molar-refractivity contribution in [3.8, 4) is 0 Å². The van der Waals surface area contributed by atoms with Crippen molar-refractivity contribution in [3.05, 3.63) is 0 Å². The van der Waals surface area contributed by atoms with Crippen molar-refractivity contribution in [3.63, 3.8) is 0 Å². The van der Waals surface area contributed by atoms with E-state index < -0.39 is 0 Å². The maximum absolute atomic E-state index is 12.3. The molecule has 2 aliphatic heterocycles. The molecule has 2 fully saturated rings. The van der Waals surface area contributed by atoms with Gasteiger partial charge in [-0.1, -0.05) is 0 Å². The molecule has 1 N–H and O–H groups in total. The van der Waals surface area contributed by atoms with Gasteiger partial charge in [0.15, 0.2) is 0 Å². The predicted molar refractivity (Wildman–Crippen MR) is 73.5 cm³/mol. The van der Waals surface area contributed by atoms with Crippen molar-refractivity contribution in [1.82, 2.24) is 15.1 Å². The minimum atomic E-state index is 0.213. The van der Waals surface area contributed by atoms with E-state index in [0.717, 1.165) is 39.0 Å². The van der Waals surface area contributed by atoms with Crippen molar-refractivity contribution in [2.75, 3.05) is 46.8 Å². The fourth-order valence-electron chi connectivity index (χ4n) is 3.27. The molecule has 2 heterocycles. The first-order chi connectivity index (χ1) is 8.66. The van der Waals surface area contributed by atoms with Crippen molar-refractivity contribution in [1.29, 1.82) is 0 Å². The quantitative estimate of drug-likeness (QED) is 0.807. The first-order valence-corrected chi connectivity index (χ1v) is 7.31. The lowest BCUT2D eigenvalue weighted by Gasteiger charge is -2.34. The average molecular weight is 253 g/mol. The summed E-state index contributed by atoms with van der Waals surface area (Å²) in [7, 11) is 4.16. The Morgan fingerprint density at radius 2 is 2.22 bits per heavy atom. The molecule has 0 aromatic carbocycles. The average Bonchev–Trinajstić information content (AvgIpc) is 2.39. The molecule has 1 amide bonds. The summed E-state index contributed by atoms with van der Waals surface area (Å²) >= 11 is 0. The van der Waals surface area contributed by atoms with Crippen LogP contribution in [0.5, 0.6) is 0 Å². The van der Waals surface area contributed by atoms with E-state index in [1.165, 1.54) is 19.4 Å². The van der Waals surface area contributed by atoms with Gasteiger partial charge >= 0.3 is 0 Å². The highest BCUT2D eigenvalue weighted by atomic mass is 16.2. The second-order valence-corrected chi connectivity index (χ2v) is 6.03. The van der Waals surface area contributed by atoms with Crippen LogP contribution in [0.25, 0.3) is 0 Å². The molecule has 18 heavy (non-hydrogen) atoms. The van der Waals surface area contributed by atoms with Crippen molar-refractivity contribution < 1.29 is 4.79 Å². The maximum atomic E-state index is 12.3. The van der Waals surface area contributed by atoms with Crippen LogP contribution in [0.1, 0.15) is 25.7 Å². The summed E-state index contributed by atoms with van der Waals surface area (Å²) in [4.78, 5) is 16.7. The Bertz CT molecular complexity index is 276. The molecule has 4 heteroatoms. The lowest BCUT2D eigenvalue weighted by Crippen LogP contribution is -2.45. The van der Waals surface area contributed by atoms with Crippen LogP contribution in [0.3, 0.4) is 0 Å². The number of carbonyl (C=O) groups excluding carboxylic acids is 1. The van der Waals surface area contributed by atoms with Gasteiger partial charge in [-0.3, -0.25) is 4.79 Å². The standard InChI is InChI=1S/C14H27N3O/c1-16-8-4-5-12(10-16)11-17(2)14(18)13-6-3-7-15-9-13/h12-13,15H,3-11H2,1-2H3. The Hall–Kier alpha value is -0.610. The van der Waals surface area contributed by atoms with Crippen molar-refractivity contribution in [2.45, 2.75) is 25.7 Å². The lowest BCUT2D eigenvalue weighted by atomic mass is 9.95. The van der Waals surface area contributed by atoms with Crippen molar-refractivity contribution in [2.24, 2.45) is 11.8 Å². The Morgan fingerprint density at radius 1 is 1.39 bits per heavy atom. The van der Waals surface area contributed by atoms with Crippen LogP contribution in [0.4, 0.5) is 0 Å². The van der Waals surface area contributed by atoms with E-state index >= 15 is 0 Å². The number of hydrogen-bond acceptors (Lipinski definition) is 3. The summed E-state index contributed by atoms with van der Waals surface area (Å²) in [5.74, 6) is 1.22. The summed E-state index contributed by atoms with van der Waals surface area (Å²) in [5.41, 5.74) is 0. The molecule has 0 radical (unpaired) electrons. The smallest absolute Gasteiger partial charge is 0.226 e. The molecule has 2 rings (SSSR count). The van der Waals surface area contributed by atoms with Gasteiger partial charge in [-0.25, -0.2) is 0 Å². The highest BCUT2D eigenvalue weighted by Gasteiger charge is 2.26. The lowest BCUT2D eigenvalue weighted by molar-refractivity contribution is -0.135.